The molecule has 1 aromatic heterocycles. The molecule has 2 heterocycles. The van der Waals surface area contributed by atoms with Crippen molar-refractivity contribution in [2.45, 2.75) is 13.0 Å². The number of methoxy groups -OCH3 is 1. The number of fused-ring (bicyclic) bond motifs is 1. The number of nitrogens with zero attached hydrogens (tertiary/aromatic N) is 3. The molecule has 160 valence electrons. The highest BCUT2D eigenvalue weighted by Crippen LogP contribution is 2.24. The van der Waals surface area contributed by atoms with Gasteiger partial charge in [0, 0.05) is 23.7 Å². The third-order valence-electron chi connectivity index (χ3n) is 5.26. The molecule has 1 aliphatic rings. The van der Waals surface area contributed by atoms with Gasteiger partial charge < -0.3 is 15.0 Å². The largest absolute Gasteiger partial charge is 0.497 e. The fraction of sp³-hybridized carbons (Fsp3) is 0.261. The van der Waals surface area contributed by atoms with Crippen molar-refractivity contribution in [1.82, 2.24) is 20.0 Å². The van der Waals surface area contributed by atoms with Gasteiger partial charge in [-0.1, -0.05) is 29.8 Å². The zero-order chi connectivity index (χ0) is 21.8. The molecular formula is C23H23ClN4O3. The number of halogens is 1. The van der Waals surface area contributed by atoms with Gasteiger partial charge in [0.1, 0.15) is 11.4 Å². The van der Waals surface area contributed by atoms with Crippen LogP contribution < -0.4 is 10.1 Å². The third-order valence-corrected chi connectivity index (χ3v) is 5.63. The number of hydrogen-bond donors (Lipinski definition) is 1. The minimum absolute atomic E-state index is 0.0183. The summed E-state index contributed by atoms with van der Waals surface area (Å²) >= 11 is 6.14. The van der Waals surface area contributed by atoms with E-state index < -0.39 is 0 Å². The number of amides is 2. The van der Waals surface area contributed by atoms with Crippen LogP contribution in [0.3, 0.4) is 0 Å². The zero-order valence-corrected chi connectivity index (χ0v) is 17.9. The summed E-state index contributed by atoms with van der Waals surface area (Å²) in [5, 5.41) is 8.10. The topological polar surface area (TPSA) is 76.5 Å². The van der Waals surface area contributed by atoms with Crippen LogP contribution in [-0.4, -0.2) is 53.2 Å². The summed E-state index contributed by atoms with van der Waals surface area (Å²) < 4.78 is 6.88. The molecule has 7 nitrogen and oxygen atoms in total. The second-order valence-corrected chi connectivity index (χ2v) is 7.69. The van der Waals surface area contributed by atoms with E-state index in [1.165, 1.54) is 0 Å². The summed E-state index contributed by atoms with van der Waals surface area (Å²) in [7, 11) is 1.62. The van der Waals surface area contributed by atoms with Gasteiger partial charge in [0.15, 0.2) is 0 Å². The zero-order valence-electron chi connectivity index (χ0n) is 17.2. The van der Waals surface area contributed by atoms with E-state index in [0.717, 1.165) is 22.6 Å². The molecule has 0 bridgehead atoms. The Bertz CT molecular complexity index is 1090. The van der Waals surface area contributed by atoms with Crippen molar-refractivity contribution in [2.24, 2.45) is 0 Å². The van der Waals surface area contributed by atoms with Crippen LogP contribution in [-0.2, 0) is 17.8 Å². The van der Waals surface area contributed by atoms with E-state index in [-0.39, 0.29) is 18.4 Å². The molecule has 3 aromatic rings. The lowest BCUT2D eigenvalue weighted by atomic mass is 10.1. The summed E-state index contributed by atoms with van der Waals surface area (Å²) in [5.41, 5.74) is 3.09. The number of nitrogens with one attached hydrogen (secondary N) is 1. The second-order valence-electron chi connectivity index (χ2n) is 7.28. The Labute approximate surface area is 185 Å². The second kappa shape index (κ2) is 9.22. The number of carbonyl (C=O) groups is 2. The average Bonchev–Trinajstić information content (AvgIpc) is 3.22. The first-order valence-electron chi connectivity index (χ1n) is 10.1. The molecule has 0 saturated heterocycles. The maximum atomic E-state index is 12.9. The summed E-state index contributed by atoms with van der Waals surface area (Å²) in [6.45, 7) is 1.46. The molecule has 2 aromatic carbocycles. The molecule has 4 rings (SSSR count). The average molecular weight is 439 g/mol. The summed E-state index contributed by atoms with van der Waals surface area (Å²) in [5.74, 6) is 0.374. The predicted molar refractivity (Wildman–Crippen MR) is 118 cm³/mol. The minimum Gasteiger partial charge on any atom is -0.497 e. The fourth-order valence-electron chi connectivity index (χ4n) is 3.56. The van der Waals surface area contributed by atoms with Crippen LogP contribution in [0, 0.1) is 0 Å². The number of rotatable bonds is 7. The maximum absolute atomic E-state index is 12.9. The van der Waals surface area contributed by atoms with Gasteiger partial charge >= 0.3 is 0 Å². The molecular weight excluding hydrogens is 416 g/mol. The molecule has 31 heavy (non-hydrogen) atoms. The number of benzene rings is 2. The SMILES string of the molecule is COc1ccc(-c2cc3n(n2)CCN(CC(=O)NCCc2ccccc2Cl)C3=O)cc1. The van der Waals surface area contributed by atoms with Crippen LogP contribution in [0.1, 0.15) is 16.1 Å². The highest BCUT2D eigenvalue weighted by molar-refractivity contribution is 6.31. The van der Waals surface area contributed by atoms with Gasteiger partial charge in [0.2, 0.25) is 5.91 Å². The van der Waals surface area contributed by atoms with Crippen molar-refractivity contribution in [3.63, 3.8) is 0 Å². The van der Waals surface area contributed by atoms with Crippen LogP contribution in [0.15, 0.2) is 54.6 Å². The van der Waals surface area contributed by atoms with Gasteiger partial charge in [0.25, 0.3) is 5.91 Å². The van der Waals surface area contributed by atoms with E-state index in [9.17, 15) is 9.59 Å². The van der Waals surface area contributed by atoms with Crippen molar-refractivity contribution >= 4 is 23.4 Å². The molecule has 1 aliphatic heterocycles. The lowest BCUT2D eigenvalue weighted by molar-refractivity contribution is -0.121. The molecule has 0 spiro atoms. The molecule has 0 radical (unpaired) electrons. The number of carbonyl (C=O) groups excluding carboxylic acids is 2. The van der Waals surface area contributed by atoms with Crippen LogP contribution in [0.2, 0.25) is 5.02 Å². The Kier molecular flexibility index (Phi) is 6.23. The Morgan fingerprint density at radius 2 is 1.94 bits per heavy atom. The van der Waals surface area contributed by atoms with Crippen LogP contribution in [0.4, 0.5) is 0 Å². The highest BCUT2D eigenvalue weighted by atomic mass is 35.5. The van der Waals surface area contributed by atoms with E-state index in [1.807, 2.05) is 48.5 Å². The van der Waals surface area contributed by atoms with Gasteiger partial charge in [-0.15, -0.1) is 0 Å². The van der Waals surface area contributed by atoms with Crippen molar-refractivity contribution < 1.29 is 14.3 Å². The van der Waals surface area contributed by atoms with E-state index in [2.05, 4.69) is 10.4 Å². The van der Waals surface area contributed by atoms with Crippen LogP contribution >= 0.6 is 11.6 Å². The molecule has 0 aliphatic carbocycles. The van der Waals surface area contributed by atoms with Crippen molar-refractivity contribution in [3.8, 4) is 17.0 Å². The first-order valence-corrected chi connectivity index (χ1v) is 10.4. The molecule has 0 unspecified atom stereocenters. The normalized spacial score (nSPS) is 13.1. The van der Waals surface area contributed by atoms with E-state index >= 15 is 0 Å². The predicted octanol–water partition coefficient (Wildman–Crippen LogP) is 3.03. The number of hydrogen-bond acceptors (Lipinski definition) is 4. The standard InChI is InChI=1S/C23H23ClN4O3/c1-31-18-8-6-17(7-9-18)20-14-21-23(30)27(12-13-28(21)26-20)15-22(29)25-11-10-16-4-2-3-5-19(16)24/h2-9,14H,10-13,15H2,1H3,(H,25,29). The highest BCUT2D eigenvalue weighted by Gasteiger charge is 2.28. The van der Waals surface area contributed by atoms with Gasteiger partial charge in [-0.2, -0.15) is 5.10 Å². The van der Waals surface area contributed by atoms with Gasteiger partial charge in [-0.05, 0) is 48.4 Å². The molecule has 0 saturated carbocycles. The summed E-state index contributed by atoms with van der Waals surface area (Å²) in [4.78, 5) is 26.8. The van der Waals surface area contributed by atoms with Gasteiger partial charge in [0.05, 0.1) is 25.9 Å². The Hall–Kier alpha value is -3.32. The summed E-state index contributed by atoms with van der Waals surface area (Å²) in [6.07, 6.45) is 0.636. The Morgan fingerprint density at radius 1 is 1.16 bits per heavy atom. The molecule has 0 atom stereocenters. The molecule has 1 N–H and O–H groups in total. The lowest BCUT2D eigenvalue weighted by Gasteiger charge is -2.26. The summed E-state index contributed by atoms with van der Waals surface area (Å²) in [6, 6.07) is 16.8. The van der Waals surface area contributed by atoms with Crippen molar-refractivity contribution in [2.75, 3.05) is 26.7 Å². The molecule has 0 fully saturated rings. The van der Waals surface area contributed by atoms with Crippen molar-refractivity contribution in [3.05, 3.63) is 70.9 Å². The third kappa shape index (κ3) is 4.72. The first-order chi connectivity index (χ1) is 15.0. The van der Waals surface area contributed by atoms with E-state index in [4.69, 9.17) is 16.3 Å². The van der Waals surface area contributed by atoms with Crippen molar-refractivity contribution in [1.29, 1.82) is 0 Å². The fourth-order valence-corrected chi connectivity index (χ4v) is 3.79. The number of ether oxygens (including phenoxy) is 1. The van der Waals surface area contributed by atoms with Crippen LogP contribution in [0.25, 0.3) is 11.3 Å². The Balaban J connectivity index is 1.35. The molecule has 8 heteroatoms. The first kappa shape index (κ1) is 20.9. The smallest absolute Gasteiger partial charge is 0.272 e. The maximum Gasteiger partial charge on any atom is 0.272 e. The Morgan fingerprint density at radius 3 is 2.68 bits per heavy atom. The van der Waals surface area contributed by atoms with Gasteiger partial charge in [-0.25, -0.2) is 0 Å². The van der Waals surface area contributed by atoms with E-state index in [0.29, 0.717) is 36.8 Å². The molecule has 2 amide bonds. The minimum atomic E-state index is -0.195. The lowest BCUT2D eigenvalue weighted by Crippen LogP contribution is -2.46. The number of aromatic nitrogens is 2. The van der Waals surface area contributed by atoms with Gasteiger partial charge in [-0.3, -0.25) is 14.3 Å². The van der Waals surface area contributed by atoms with Crippen LogP contribution in [0.5, 0.6) is 5.75 Å². The quantitative estimate of drug-likeness (QED) is 0.615. The van der Waals surface area contributed by atoms with E-state index in [1.54, 1.807) is 22.8 Å². The monoisotopic (exact) mass is 438 g/mol.